The van der Waals surface area contributed by atoms with E-state index >= 15 is 0 Å². The van der Waals surface area contributed by atoms with Gasteiger partial charge in [-0.1, -0.05) is 18.2 Å². The number of nitrogens with zero attached hydrogens (tertiary/aromatic N) is 2. The Bertz CT molecular complexity index is 1170. The summed E-state index contributed by atoms with van der Waals surface area (Å²) in [5.41, 5.74) is 4.09. The number of carbonyl (C=O) groups excluding carboxylic acids is 2. The van der Waals surface area contributed by atoms with Crippen LogP contribution in [0.5, 0.6) is 5.75 Å². The van der Waals surface area contributed by atoms with Crippen molar-refractivity contribution in [1.82, 2.24) is 4.90 Å². The SMILES string of the molecule is Cc1ccc(OCC(=O)Nc2ccc(N3CCN(C(=O)c4ccccc4F)CC3)cc2)cc1C. The number of nitrogens with one attached hydrogen (secondary N) is 1. The first-order chi connectivity index (χ1) is 16.4. The molecule has 1 aliphatic rings. The highest BCUT2D eigenvalue weighted by molar-refractivity contribution is 5.94. The average Bonchev–Trinajstić information content (AvgIpc) is 2.85. The maximum Gasteiger partial charge on any atom is 0.262 e. The van der Waals surface area contributed by atoms with Gasteiger partial charge < -0.3 is 19.9 Å². The highest BCUT2D eigenvalue weighted by Crippen LogP contribution is 2.21. The summed E-state index contributed by atoms with van der Waals surface area (Å²) in [7, 11) is 0. The van der Waals surface area contributed by atoms with Gasteiger partial charge in [-0.2, -0.15) is 0 Å². The summed E-state index contributed by atoms with van der Waals surface area (Å²) in [6.45, 7) is 6.29. The molecule has 7 heteroatoms. The number of halogens is 1. The first-order valence-corrected chi connectivity index (χ1v) is 11.3. The van der Waals surface area contributed by atoms with Crippen LogP contribution in [0.3, 0.4) is 0 Å². The van der Waals surface area contributed by atoms with Gasteiger partial charge in [0.05, 0.1) is 5.56 Å². The van der Waals surface area contributed by atoms with Crippen LogP contribution in [-0.2, 0) is 4.79 Å². The number of anilines is 2. The molecule has 0 bridgehead atoms. The number of amides is 2. The monoisotopic (exact) mass is 461 g/mol. The van der Waals surface area contributed by atoms with Gasteiger partial charge in [0.1, 0.15) is 11.6 Å². The van der Waals surface area contributed by atoms with Crippen molar-refractivity contribution in [2.75, 3.05) is 43.0 Å². The lowest BCUT2D eigenvalue weighted by atomic mass is 10.1. The molecule has 2 amide bonds. The Kier molecular flexibility index (Phi) is 7.11. The topological polar surface area (TPSA) is 61.9 Å². The molecule has 6 nitrogen and oxygen atoms in total. The van der Waals surface area contributed by atoms with Crippen LogP contribution in [0.15, 0.2) is 66.7 Å². The van der Waals surface area contributed by atoms with E-state index in [0.717, 1.165) is 11.3 Å². The first kappa shape index (κ1) is 23.3. The molecule has 34 heavy (non-hydrogen) atoms. The number of rotatable bonds is 6. The lowest BCUT2D eigenvalue weighted by Crippen LogP contribution is -2.49. The van der Waals surface area contributed by atoms with Gasteiger partial charge in [-0.05, 0) is 73.5 Å². The van der Waals surface area contributed by atoms with Crippen molar-refractivity contribution < 1.29 is 18.7 Å². The van der Waals surface area contributed by atoms with Crippen molar-refractivity contribution in [3.63, 3.8) is 0 Å². The third-order valence-corrected chi connectivity index (χ3v) is 6.04. The Morgan fingerprint density at radius 2 is 1.62 bits per heavy atom. The lowest BCUT2D eigenvalue weighted by molar-refractivity contribution is -0.118. The second-order valence-electron chi connectivity index (χ2n) is 8.39. The number of ether oxygens (including phenoxy) is 1. The van der Waals surface area contributed by atoms with E-state index in [1.54, 1.807) is 17.0 Å². The molecule has 1 aliphatic heterocycles. The van der Waals surface area contributed by atoms with Gasteiger partial charge in [-0.3, -0.25) is 9.59 Å². The van der Waals surface area contributed by atoms with Crippen LogP contribution >= 0.6 is 0 Å². The predicted octanol–water partition coefficient (Wildman–Crippen LogP) is 4.42. The highest BCUT2D eigenvalue weighted by atomic mass is 19.1. The minimum Gasteiger partial charge on any atom is -0.484 e. The van der Waals surface area contributed by atoms with E-state index in [4.69, 9.17) is 4.74 Å². The third kappa shape index (κ3) is 5.54. The Morgan fingerprint density at radius 1 is 0.912 bits per heavy atom. The summed E-state index contributed by atoms with van der Waals surface area (Å²) in [5, 5.41) is 2.84. The lowest BCUT2D eigenvalue weighted by Gasteiger charge is -2.36. The van der Waals surface area contributed by atoms with E-state index in [0.29, 0.717) is 37.6 Å². The molecular formula is C27H28FN3O3. The molecule has 0 saturated carbocycles. The molecule has 176 valence electrons. The maximum atomic E-state index is 13.9. The standard InChI is InChI=1S/C27H28FN3O3/c1-19-7-12-23(17-20(19)2)34-18-26(32)29-21-8-10-22(11-9-21)30-13-15-31(16-14-30)27(33)24-5-3-4-6-25(24)28/h3-12,17H,13-16,18H2,1-2H3,(H,29,32). The summed E-state index contributed by atoms with van der Waals surface area (Å²) in [6.07, 6.45) is 0. The fourth-order valence-electron chi connectivity index (χ4n) is 3.88. The van der Waals surface area contributed by atoms with Gasteiger partial charge >= 0.3 is 0 Å². The number of carbonyl (C=O) groups is 2. The Labute approximate surface area is 198 Å². The van der Waals surface area contributed by atoms with Crippen molar-refractivity contribution in [1.29, 1.82) is 0 Å². The van der Waals surface area contributed by atoms with Gasteiger partial charge in [0.2, 0.25) is 0 Å². The van der Waals surface area contributed by atoms with E-state index in [-0.39, 0.29) is 24.0 Å². The summed E-state index contributed by atoms with van der Waals surface area (Å²) < 4.78 is 19.5. The first-order valence-electron chi connectivity index (χ1n) is 11.3. The molecule has 0 radical (unpaired) electrons. The number of aryl methyl sites for hydroxylation is 2. The van der Waals surface area contributed by atoms with Gasteiger partial charge in [0, 0.05) is 37.6 Å². The smallest absolute Gasteiger partial charge is 0.262 e. The van der Waals surface area contributed by atoms with Crippen LogP contribution in [0, 0.1) is 19.7 Å². The van der Waals surface area contributed by atoms with E-state index in [9.17, 15) is 14.0 Å². The van der Waals surface area contributed by atoms with Crippen molar-refractivity contribution in [3.8, 4) is 5.75 Å². The van der Waals surface area contributed by atoms with Gasteiger partial charge in [-0.25, -0.2) is 4.39 Å². The van der Waals surface area contributed by atoms with Crippen LogP contribution in [0.2, 0.25) is 0 Å². The summed E-state index contributed by atoms with van der Waals surface area (Å²) >= 11 is 0. The maximum absolute atomic E-state index is 13.9. The van der Waals surface area contributed by atoms with Gasteiger partial charge in [-0.15, -0.1) is 0 Å². The predicted molar refractivity (Wildman–Crippen MR) is 131 cm³/mol. The molecule has 3 aromatic carbocycles. The number of hydrogen-bond acceptors (Lipinski definition) is 4. The van der Waals surface area contributed by atoms with Crippen LogP contribution in [0.25, 0.3) is 0 Å². The van der Waals surface area contributed by atoms with Crippen LogP contribution < -0.4 is 15.0 Å². The van der Waals surface area contributed by atoms with E-state index in [1.165, 1.54) is 17.7 Å². The zero-order valence-corrected chi connectivity index (χ0v) is 19.4. The highest BCUT2D eigenvalue weighted by Gasteiger charge is 2.24. The van der Waals surface area contributed by atoms with E-state index in [2.05, 4.69) is 10.2 Å². The summed E-state index contributed by atoms with van der Waals surface area (Å²) in [6, 6.07) is 19.4. The molecule has 0 atom stereocenters. The van der Waals surface area contributed by atoms with E-state index in [1.807, 2.05) is 56.3 Å². The van der Waals surface area contributed by atoms with Crippen molar-refractivity contribution in [3.05, 3.63) is 89.2 Å². The average molecular weight is 462 g/mol. The largest absolute Gasteiger partial charge is 0.484 e. The Morgan fingerprint density at radius 3 is 2.29 bits per heavy atom. The van der Waals surface area contributed by atoms with Crippen molar-refractivity contribution in [2.24, 2.45) is 0 Å². The second kappa shape index (κ2) is 10.4. The molecule has 0 aliphatic carbocycles. The fraction of sp³-hybridized carbons (Fsp3) is 0.259. The minimum absolute atomic E-state index is 0.0672. The minimum atomic E-state index is -0.494. The molecule has 4 rings (SSSR count). The van der Waals surface area contributed by atoms with Gasteiger partial charge in [0.15, 0.2) is 6.61 Å². The van der Waals surface area contributed by atoms with Crippen LogP contribution in [0.4, 0.5) is 15.8 Å². The summed E-state index contributed by atoms with van der Waals surface area (Å²) in [5.74, 6) is -0.335. The number of piperazine rings is 1. The fourth-order valence-corrected chi connectivity index (χ4v) is 3.88. The zero-order chi connectivity index (χ0) is 24.1. The normalized spacial score (nSPS) is 13.5. The molecule has 1 heterocycles. The van der Waals surface area contributed by atoms with E-state index < -0.39 is 5.82 Å². The van der Waals surface area contributed by atoms with Crippen molar-refractivity contribution >= 4 is 23.2 Å². The quantitative estimate of drug-likeness (QED) is 0.590. The summed E-state index contributed by atoms with van der Waals surface area (Å²) in [4.78, 5) is 28.7. The van der Waals surface area contributed by atoms with Crippen LogP contribution in [-0.4, -0.2) is 49.5 Å². The van der Waals surface area contributed by atoms with Crippen LogP contribution in [0.1, 0.15) is 21.5 Å². The third-order valence-electron chi connectivity index (χ3n) is 6.04. The molecule has 0 spiro atoms. The molecule has 1 saturated heterocycles. The molecule has 1 N–H and O–H groups in total. The number of hydrogen-bond donors (Lipinski definition) is 1. The van der Waals surface area contributed by atoms with Crippen molar-refractivity contribution in [2.45, 2.75) is 13.8 Å². The second-order valence-corrected chi connectivity index (χ2v) is 8.39. The van der Waals surface area contributed by atoms with Gasteiger partial charge in [0.25, 0.3) is 11.8 Å². The Balaban J connectivity index is 1.26. The number of benzene rings is 3. The molecule has 1 fully saturated rings. The molecule has 0 unspecified atom stereocenters. The Hall–Kier alpha value is -3.87. The zero-order valence-electron chi connectivity index (χ0n) is 19.4. The molecule has 3 aromatic rings. The molecular weight excluding hydrogens is 433 g/mol. The molecule has 0 aromatic heterocycles.